The smallest absolute Gasteiger partial charge is 0.334 e. The van der Waals surface area contributed by atoms with E-state index in [1.165, 1.54) is 26.4 Å². The maximum atomic E-state index is 15.3. The van der Waals surface area contributed by atoms with Crippen molar-refractivity contribution in [2.75, 3.05) is 19.1 Å². The summed E-state index contributed by atoms with van der Waals surface area (Å²) in [6, 6.07) is 6.68. The van der Waals surface area contributed by atoms with Crippen LogP contribution in [0.15, 0.2) is 52.4 Å². The molecule has 0 spiro atoms. The van der Waals surface area contributed by atoms with Crippen molar-refractivity contribution in [1.29, 1.82) is 0 Å². The lowest BCUT2D eigenvalue weighted by atomic mass is 9.90. The number of anilines is 1. The summed E-state index contributed by atoms with van der Waals surface area (Å²) in [5, 5.41) is -0.796. The molecule has 1 unspecified atom stereocenters. The molecule has 2 aromatic carbocycles. The van der Waals surface area contributed by atoms with Crippen LogP contribution >= 0.6 is 23.4 Å². The van der Waals surface area contributed by atoms with E-state index in [4.69, 9.17) is 21.1 Å². The summed E-state index contributed by atoms with van der Waals surface area (Å²) in [6.45, 7) is 1.55. The third kappa shape index (κ3) is 6.37. The molecule has 0 heterocycles. The van der Waals surface area contributed by atoms with Crippen molar-refractivity contribution in [3.63, 3.8) is 0 Å². The van der Waals surface area contributed by atoms with E-state index in [9.17, 15) is 23.6 Å². The average Bonchev–Trinajstić information content (AvgIpc) is 2.89. The second kappa shape index (κ2) is 12.3. The van der Waals surface area contributed by atoms with Crippen molar-refractivity contribution in [2.45, 2.75) is 42.8 Å². The molecule has 196 valence electrons. The van der Waals surface area contributed by atoms with E-state index in [1.807, 2.05) is 0 Å². The van der Waals surface area contributed by atoms with E-state index in [-0.39, 0.29) is 39.5 Å². The van der Waals surface area contributed by atoms with Gasteiger partial charge in [0.15, 0.2) is 0 Å². The standard InChI is InChI=1S/C26H24ClF2NO6S/c1-14(25(33)35-2)37-22-13-21(20(29)12-19(22)27)30(23(31)15-7-6-8-16(28)11-15)24(32)17-9-4-5-10-18(17)26(34)36-3/h6-8,11-14H,4-5,9-10H2,1-3H3. The molecule has 0 radical (unpaired) electrons. The predicted molar refractivity (Wildman–Crippen MR) is 134 cm³/mol. The zero-order valence-electron chi connectivity index (χ0n) is 20.3. The predicted octanol–water partition coefficient (Wildman–Crippen LogP) is 5.49. The first kappa shape index (κ1) is 28.3. The van der Waals surface area contributed by atoms with Gasteiger partial charge in [0.2, 0.25) is 0 Å². The minimum absolute atomic E-state index is 0.00864. The molecular weight excluding hydrogens is 528 g/mol. The lowest BCUT2D eigenvalue weighted by Crippen LogP contribution is -2.40. The molecule has 0 saturated carbocycles. The van der Waals surface area contributed by atoms with Gasteiger partial charge in [0.1, 0.15) is 16.9 Å². The van der Waals surface area contributed by atoms with Crippen molar-refractivity contribution >= 4 is 52.8 Å². The molecule has 0 bridgehead atoms. The molecule has 1 aliphatic carbocycles. The Balaban J connectivity index is 2.20. The van der Waals surface area contributed by atoms with E-state index in [0.717, 1.165) is 36.0 Å². The van der Waals surface area contributed by atoms with Crippen LogP contribution in [0.4, 0.5) is 14.5 Å². The fourth-order valence-electron chi connectivity index (χ4n) is 3.87. The number of carbonyl (C=O) groups excluding carboxylic acids is 4. The fourth-order valence-corrected chi connectivity index (χ4v) is 5.08. The Hall–Kier alpha value is -3.24. The maximum Gasteiger partial charge on any atom is 0.334 e. The van der Waals surface area contributed by atoms with Gasteiger partial charge in [-0.25, -0.2) is 18.5 Å². The molecule has 0 fully saturated rings. The molecule has 1 atom stereocenters. The molecule has 1 aliphatic rings. The molecular formula is C26H24ClF2NO6S. The van der Waals surface area contributed by atoms with Crippen molar-refractivity contribution in [2.24, 2.45) is 0 Å². The van der Waals surface area contributed by atoms with Gasteiger partial charge >= 0.3 is 11.9 Å². The van der Waals surface area contributed by atoms with Gasteiger partial charge in [-0.05, 0) is 62.9 Å². The van der Waals surface area contributed by atoms with Crippen LogP contribution < -0.4 is 4.90 Å². The number of ether oxygens (including phenoxy) is 2. The van der Waals surface area contributed by atoms with E-state index in [0.29, 0.717) is 17.7 Å². The van der Waals surface area contributed by atoms with E-state index in [2.05, 4.69) is 0 Å². The third-order valence-electron chi connectivity index (χ3n) is 5.71. The number of esters is 2. The molecule has 2 amide bonds. The van der Waals surface area contributed by atoms with Crippen molar-refractivity contribution in [1.82, 2.24) is 0 Å². The normalized spacial score (nSPS) is 14.1. The first-order valence-corrected chi connectivity index (χ1v) is 12.5. The lowest BCUT2D eigenvalue weighted by Gasteiger charge is -2.26. The Labute approximate surface area is 221 Å². The van der Waals surface area contributed by atoms with Crippen LogP contribution in [0.2, 0.25) is 5.02 Å². The number of thioether (sulfide) groups is 1. The Kier molecular flexibility index (Phi) is 9.45. The first-order valence-electron chi connectivity index (χ1n) is 11.3. The number of imide groups is 1. The van der Waals surface area contributed by atoms with Crippen LogP contribution in [0.3, 0.4) is 0 Å². The number of hydrogen-bond acceptors (Lipinski definition) is 7. The number of amides is 2. The van der Waals surface area contributed by atoms with Crippen molar-refractivity contribution in [3.8, 4) is 0 Å². The topological polar surface area (TPSA) is 90.0 Å². The highest BCUT2D eigenvalue weighted by molar-refractivity contribution is 8.00. The van der Waals surface area contributed by atoms with Crippen LogP contribution in [0, 0.1) is 11.6 Å². The van der Waals surface area contributed by atoms with Gasteiger partial charge in [-0.1, -0.05) is 17.7 Å². The zero-order valence-corrected chi connectivity index (χ0v) is 21.9. The number of rotatable bonds is 7. The van der Waals surface area contributed by atoms with Gasteiger partial charge < -0.3 is 9.47 Å². The number of halogens is 3. The Bertz CT molecular complexity index is 1280. The molecule has 7 nitrogen and oxygen atoms in total. The summed E-state index contributed by atoms with van der Waals surface area (Å²) in [7, 11) is 2.39. The summed E-state index contributed by atoms with van der Waals surface area (Å²) in [4.78, 5) is 52.5. The molecule has 11 heteroatoms. The second-order valence-electron chi connectivity index (χ2n) is 8.13. The molecule has 2 aromatic rings. The molecule has 37 heavy (non-hydrogen) atoms. The summed E-state index contributed by atoms with van der Waals surface area (Å²) >= 11 is 7.15. The van der Waals surface area contributed by atoms with Crippen LogP contribution in [0.25, 0.3) is 0 Å². The quantitative estimate of drug-likeness (QED) is 0.255. The number of benzene rings is 2. The highest BCUT2D eigenvalue weighted by Gasteiger charge is 2.34. The third-order valence-corrected chi connectivity index (χ3v) is 7.28. The van der Waals surface area contributed by atoms with Gasteiger partial charge in [0.25, 0.3) is 11.8 Å². The minimum atomic E-state index is -1.01. The van der Waals surface area contributed by atoms with Gasteiger partial charge in [0, 0.05) is 21.6 Å². The van der Waals surface area contributed by atoms with Crippen LogP contribution in [0.1, 0.15) is 43.0 Å². The highest BCUT2D eigenvalue weighted by atomic mass is 35.5. The zero-order chi connectivity index (χ0) is 27.3. The van der Waals surface area contributed by atoms with Crippen LogP contribution in [-0.2, 0) is 23.9 Å². The molecule has 0 N–H and O–H groups in total. The largest absolute Gasteiger partial charge is 0.468 e. The second-order valence-corrected chi connectivity index (χ2v) is 9.92. The lowest BCUT2D eigenvalue weighted by molar-refractivity contribution is -0.139. The Morgan fingerprint density at radius 2 is 1.65 bits per heavy atom. The summed E-state index contributed by atoms with van der Waals surface area (Å²) in [5.74, 6) is -4.97. The van der Waals surface area contributed by atoms with Crippen molar-refractivity contribution in [3.05, 3.63) is 69.8 Å². The number of nitrogens with zero attached hydrogens (tertiary/aromatic N) is 1. The van der Waals surface area contributed by atoms with Gasteiger partial charge in [-0.3, -0.25) is 14.4 Å². The Morgan fingerprint density at radius 3 is 2.27 bits per heavy atom. The maximum absolute atomic E-state index is 15.3. The Morgan fingerprint density at radius 1 is 0.973 bits per heavy atom. The van der Waals surface area contributed by atoms with E-state index in [1.54, 1.807) is 6.92 Å². The molecule has 0 aliphatic heterocycles. The summed E-state index contributed by atoms with van der Waals surface area (Å²) in [5.41, 5.74) is -0.574. The number of carbonyl (C=O) groups is 4. The minimum Gasteiger partial charge on any atom is -0.468 e. The summed E-state index contributed by atoms with van der Waals surface area (Å²) in [6.07, 6.45) is 1.59. The summed E-state index contributed by atoms with van der Waals surface area (Å²) < 4.78 is 38.8. The average molecular weight is 552 g/mol. The van der Waals surface area contributed by atoms with Crippen molar-refractivity contribution < 1.29 is 37.4 Å². The molecule has 0 aromatic heterocycles. The van der Waals surface area contributed by atoms with Crippen LogP contribution in [0.5, 0.6) is 0 Å². The number of hydrogen-bond donors (Lipinski definition) is 0. The number of methoxy groups -OCH3 is 2. The van der Waals surface area contributed by atoms with E-state index < -0.39 is 46.3 Å². The molecule has 3 rings (SSSR count). The molecule has 0 saturated heterocycles. The first-order chi connectivity index (χ1) is 17.6. The highest BCUT2D eigenvalue weighted by Crippen LogP contribution is 2.38. The van der Waals surface area contributed by atoms with Gasteiger partial charge in [0.05, 0.1) is 24.9 Å². The van der Waals surface area contributed by atoms with Gasteiger partial charge in [-0.15, -0.1) is 11.8 Å². The fraction of sp³-hybridized carbons (Fsp3) is 0.308. The monoisotopic (exact) mass is 551 g/mol. The van der Waals surface area contributed by atoms with Crippen LogP contribution in [-0.4, -0.2) is 43.2 Å². The SMILES string of the molecule is COC(=O)C1=C(C(=O)N(C(=O)c2cccc(F)c2)c2cc(SC(C)C(=O)OC)c(Cl)cc2F)CCCC1. The van der Waals surface area contributed by atoms with Gasteiger partial charge in [-0.2, -0.15) is 0 Å². The van der Waals surface area contributed by atoms with E-state index >= 15 is 4.39 Å².